The number of ether oxygens (including phenoxy) is 1. The van der Waals surface area contributed by atoms with Crippen molar-refractivity contribution in [2.24, 2.45) is 17.8 Å². The molecule has 18 heavy (non-hydrogen) atoms. The zero-order valence-electron chi connectivity index (χ0n) is 10.2. The predicted octanol–water partition coefficient (Wildman–Crippen LogP) is -0.686. The van der Waals surface area contributed by atoms with Crippen molar-refractivity contribution >= 4 is 11.9 Å². The Morgan fingerprint density at radius 1 is 1.28 bits per heavy atom. The van der Waals surface area contributed by atoms with E-state index < -0.39 is 18.0 Å². The minimum atomic E-state index is -0.864. The highest BCUT2D eigenvalue weighted by Gasteiger charge is 2.58. The number of carbonyl (C=O) groups excluding carboxylic acids is 1. The number of likely N-dealkylation sites (tertiary alicyclic amines) is 1. The van der Waals surface area contributed by atoms with Gasteiger partial charge >= 0.3 is 5.97 Å². The van der Waals surface area contributed by atoms with Crippen LogP contribution >= 0.6 is 0 Å². The minimum Gasteiger partial charge on any atom is -0.481 e. The molecular weight excluding hydrogens is 238 g/mol. The molecule has 6 nitrogen and oxygen atoms in total. The highest BCUT2D eigenvalue weighted by molar-refractivity contribution is 5.74. The predicted molar refractivity (Wildman–Crippen MR) is 59.6 cm³/mol. The molecule has 3 saturated heterocycles. The molecule has 100 valence electrons. The van der Waals surface area contributed by atoms with E-state index in [0.717, 1.165) is 0 Å². The number of aliphatic hydroxyl groups is 1. The van der Waals surface area contributed by atoms with Crippen LogP contribution in [0.1, 0.15) is 13.3 Å². The SMILES string of the molecule is CC(=O)N1C[C@H]2[C@H](O)[C@@H]3C[C@H](C(=O)O)[C@@H](O3)[C@H]2C1. The van der Waals surface area contributed by atoms with E-state index in [2.05, 4.69) is 0 Å². The van der Waals surface area contributed by atoms with Crippen molar-refractivity contribution in [2.75, 3.05) is 13.1 Å². The molecule has 2 N–H and O–H groups in total. The average Bonchev–Trinajstić information content (AvgIpc) is 2.90. The van der Waals surface area contributed by atoms with Gasteiger partial charge in [0.25, 0.3) is 0 Å². The first-order valence-electron chi connectivity index (χ1n) is 6.31. The van der Waals surface area contributed by atoms with Crippen LogP contribution in [0, 0.1) is 17.8 Å². The highest BCUT2D eigenvalue weighted by Crippen LogP contribution is 2.46. The second-order valence-corrected chi connectivity index (χ2v) is 5.56. The van der Waals surface area contributed by atoms with Crippen LogP contribution in [0.2, 0.25) is 0 Å². The fraction of sp³-hybridized carbons (Fsp3) is 0.833. The number of aliphatic hydroxyl groups excluding tert-OH is 1. The van der Waals surface area contributed by atoms with Gasteiger partial charge in [0.1, 0.15) is 0 Å². The van der Waals surface area contributed by atoms with Crippen LogP contribution in [0.25, 0.3) is 0 Å². The van der Waals surface area contributed by atoms with Crippen molar-refractivity contribution in [1.29, 1.82) is 0 Å². The molecule has 3 aliphatic heterocycles. The van der Waals surface area contributed by atoms with Crippen molar-refractivity contribution in [1.82, 2.24) is 4.90 Å². The summed E-state index contributed by atoms with van der Waals surface area (Å²) >= 11 is 0. The van der Waals surface area contributed by atoms with Gasteiger partial charge in [0, 0.05) is 31.8 Å². The zero-order valence-corrected chi connectivity index (χ0v) is 10.2. The van der Waals surface area contributed by atoms with Gasteiger partial charge in [0.05, 0.1) is 24.2 Å². The molecule has 0 aromatic rings. The molecule has 0 spiro atoms. The summed E-state index contributed by atoms with van der Waals surface area (Å²) in [5, 5.41) is 19.4. The largest absolute Gasteiger partial charge is 0.481 e. The zero-order chi connectivity index (χ0) is 13.0. The molecule has 3 rings (SSSR count). The molecule has 0 aromatic carbocycles. The Labute approximate surface area is 105 Å². The molecule has 1 amide bonds. The molecule has 0 radical (unpaired) electrons. The lowest BCUT2D eigenvalue weighted by Gasteiger charge is -2.35. The number of carboxylic acid groups (broad SMARTS) is 1. The fourth-order valence-electron chi connectivity index (χ4n) is 3.69. The number of carboxylic acids is 1. The summed E-state index contributed by atoms with van der Waals surface area (Å²) in [5.74, 6) is -1.53. The number of rotatable bonds is 1. The Balaban J connectivity index is 1.86. The number of hydrogen-bond donors (Lipinski definition) is 2. The third-order valence-corrected chi connectivity index (χ3v) is 4.63. The van der Waals surface area contributed by atoms with E-state index in [-0.39, 0.29) is 30.0 Å². The molecule has 3 aliphatic rings. The first-order valence-corrected chi connectivity index (χ1v) is 6.31. The second kappa shape index (κ2) is 3.93. The van der Waals surface area contributed by atoms with E-state index in [1.54, 1.807) is 4.90 Å². The van der Waals surface area contributed by atoms with Crippen molar-refractivity contribution in [3.05, 3.63) is 0 Å². The summed E-state index contributed by atoms with van der Waals surface area (Å²) in [5.41, 5.74) is 0. The Morgan fingerprint density at radius 3 is 2.56 bits per heavy atom. The average molecular weight is 255 g/mol. The van der Waals surface area contributed by atoms with Crippen molar-refractivity contribution in [2.45, 2.75) is 31.7 Å². The highest BCUT2D eigenvalue weighted by atomic mass is 16.5. The van der Waals surface area contributed by atoms with E-state index in [9.17, 15) is 19.8 Å². The van der Waals surface area contributed by atoms with Crippen LogP contribution in [0.5, 0.6) is 0 Å². The van der Waals surface area contributed by atoms with Crippen LogP contribution in [-0.2, 0) is 14.3 Å². The Hall–Kier alpha value is -1.14. The Bertz CT molecular complexity index is 398. The van der Waals surface area contributed by atoms with Gasteiger partial charge in [-0.15, -0.1) is 0 Å². The molecular formula is C12H17NO5. The molecule has 0 saturated carbocycles. The maximum Gasteiger partial charge on any atom is 0.309 e. The maximum atomic E-state index is 11.4. The van der Waals surface area contributed by atoms with Gasteiger partial charge in [-0.25, -0.2) is 0 Å². The number of carbonyl (C=O) groups is 2. The van der Waals surface area contributed by atoms with E-state index >= 15 is 0 Å². The molecule has 6 atom stereocenters. The lowest BCUT2D eigenvalue weighted by molar-refractivity contribution is -0.152. The van der Waals surface area contributed by atoms with E-state index in [1.807, 2.05) is 0 Å². The molecule has 0 unspecified atom stereocenters. The van der Waals surface area contributed by atoms with E-state index in [0.29, 0.717) is 19.5 Å². The van der Waals surface area contributed by atoms with Gasteiger partial charge in [0.15, 0.2) is 0 Å². The molecule has 6 heteroatoms. The van der Waals surface area contributed by atoms with Crippen LogP contribution in [-0.4, -0.2) is 58.4 Å². The fourth-order valence-corrected chi connectivity index (χ4v) is 3.69. The second-order valence-electron chi connectivity index (χ2n) is 5.56. The Morgan fingerprint density at radius 2 is 1.94 bits per heavy atom. The van der Waals surface area contributed by atoms with Crippen LogP contribution in [0.4, 0.5) is 0 Å². The topological polar surface area (TPSA) is 87.1 Å². The summed E-state index contributed by atoms with van der Waals surface area (Å²) in [7, 11) is 0. The lowest BCUT2D eigenvalue weighted by Crippen LogP contribution is -2.46. The molecule has 2 bridgehead atoms. The molecule has 3 fully saturated rings. The van der Waals surface area contributed by atoms with Gasteiger partial charge in [-0.1, -0.05) is 0 Å². The standard InChI is InChI=1S/C12H17NO5/c1-5(14)13-3-7-8(4-13)11-6(12(16)17)2-9(18-11)10(7)15/h6-11,15H,2-4H2,1H3,(H,16,17)/t6-,7+,8-,9-,10-,11+/m0/s1. The summed E-state index contributed by atoms with van der Waals surface area (Å²) in [6.45, 7) is 2.51. The monoisotopic (exact) mass is 255 g/mol. The third kappa shape index (κ3) is 1.55. The number of aliphatic carboxylic acids is 1. The number of hydrogen-bond acceptors (Lipinski definition) is 4. The number of amides is 1. The first-order chi connectivity index (χ1) is 8.49. The van der Waals surface area contributed by atoms with Crippen molar-refractivity contribution in [3.63, 3.8) is 0 Å². The normalized spacial score (nSPS) is 46.0. The summed E-state index contributed by atoms with van der Waals surface area (Å²) in [6.07, 6.45) is -1.01. The summed E-state index contributed by atoms with van der Waals surface area (Å²) in [4.78, 5) is 24.3. The van der Waals surface area contributed by atoms with Crippen molar-refractivity contribution < 1.29 is 24.5 Å². The van der Waals surface area contributed by atoms with Gasteiger partial charge < -0.3 is 19.8 Å². The van der Waals surface area contributed by atoms with E-state index in [1.165, 1.54) is 6.92 Å². The smallest absolute Gasteiger partial charge is 0.309 e. The van der Waals surface area contributed by atoms with Crippen LogP contribution in [0.15, 0.2) is 0 Å². The molecule has 3 heterocycles. The first kappa shape index (κ1) is 11.9. The summed E-state index contributed by atoms with van der Waals surface area (Å²) < 4.78 is 5.66. The Kier molecular flexibility index (Phi) is 2.60. The van der Waals surface area contributed by atoms with Crippen LogP contribution < -0.4 is 0 Å². The van der Waals surface area contributed by atoms with Gasteiger partial charge in [0.2, 0.25) is 5.91 Å². The van der Waals surface area contributed by atoms with Gasteiger partial charge in [-0.3, -0.25) is 9.59 Å². The van der Waals surface area contributed by atoms with Crippen LogP contribution in [0.3, 0.4) is 0 Å². The third-order valence-electron chi connectivity index (χ3n) is 4.63. The van der Waals surface area contributed by atoms with Gasteiger partial charge in [-0.2, -0.15) is 0 Å². The lowest BCUT2D eigenvalue weighted by atomic mass is 9.83. The molecule has 0 aliphatic carbocycles. The quantitative estimate of drug-likeness (QED) is 0.648. The molecule has 0 aromatic heterocycles. The van der Waals surface area contributed by atoms with Crippen molar-refractivity contribution in [3.8, 4) is 0 Å². The minimum absolute atomic E-state index is 0.0284. The number of fused-ring (bicyclic) bond motifs is 4. The van der Waals surface area contributed by atoms with E-state index in [4.69, 9.17) is 4.74 Å². The maximum absolute atomic E-state index is 11.4. The summed E-state index contributed by atoms with van der Waals surface area (Å²) in [6, 6.07) is 0. The van der Waals surface area contributed by atoms with Gasteiger partial charge in [-0.05, 0) is 6.42 Å². The number of nitrogens with zero attached hydrogens (tertiary/aromatic N) is 1.